The Morgan fingerprint density at radius 2 is 1.59 bits per heavy atom. The van der Waals surface area contributed by atoms with Gasteiger partial charge in [-0.2, -0.15) is 0 Å². The van der Waals surface area contributed by atoms with E-state index in [1.807, 2.05) is 0 Å². The smallest absolute Gasteiger partial charge is 0.335 e. The molecule has 3 aromatic rings. The van der Waals surface area contributed by atoms with Crippen molar-refractivity contribution in [3.63, 3.8) is 0 Å². The molecule has 0 fully saturated rings. The molecule has 6 heteroatoms. The molecule has 3 rings (SSSR count). The molecule has 1 aromatic heterocycles. The van der Waals surface area contributed by atoms with Crippen LogP contribution in [-0.2, 0) is 0 Å². The van der Waals surface area contributed by atoms with Gasteiger partial charge < -0.3 is 19.7 Å². The lowest BCUT2D eigenvalue weighted by Crippen LogP contribution is -2.00. The maximum atomic E-state index is 12.1. The van der Waals surface area contributed by atoms with Gasteiger partial charge in [-0.3, -0.25) is 4.79 Å². The fraction of sp³-hybridized carbons (Fsp3) is 0. The number of carbonyl (C=O) groups is 1. The lowest BCUT2D eigenvalue weighted by atomic mass is 10.1. The van der Waals surface area contributed by atoms with Crippen LogP contribution >= 0.6 is 0 Å². The van der Waals surface area contributed by atoms with E-state index in [1.54, 1.807) is 0 Å². The van der Waals surface area contributed by atoms with E-state index in [0.29, 0.717) is 5.56 Å². The minimum absolute atomic E-state index is 0.120. The number of rotatable bonds is 2. The van der Waals surface area contributed by atoms with E-state index in [9.17, 15) is 19.8 Å². The number of phenols is 2. The molecule has 2 aromatic carbocycles. The number of hydrogen-bond acceptors (Lipinski definition) is 5. The van der Waals surface area contributed by atoms with Crippen molar-refractivity contribution in [3.8, 4) is 22.8 Å². The quantitative estimate of drug-likeness (QED) is 0.627. The highest BCUT2D eigenvalue weighted by Crippen LogP contribution is 2.30. The summed E-state index contributed by atoms with van der Waals surface area (Å²) in [7, 11) is 0. The largest absolute Gasteiger partial charge is 0.504 e. The van der Waals surface area contributed by atoms with E-state index >= 15 is 0 Å². The van der Waals surface area contributed by atoms with Crippen molar-refractivity contribution in [2.24, 2.45) is 0 Å². The molecule has 0 saturated carbocycles. The van der Waals surface area contributed by atoms with Crippen molar-refractivity contribution in [1.29, 1.82) is 0 Å². The standard InChI is InChI=1S/C16H10O6/c17-11-6-14(8-1-3-9(4-2-8)16(20)21)22-15-7-13(19)12(18)5-10(11)15/h1-7,18-19H,(H,20,21). The fourth-order valence-corrected chi connectivity index (χ4v) is 2.10. The van der Waals surface area contributed by atoms with Crippen molar-refractivity contribution in [3.05, 3.63) is 58.3 Å². The Labute approximate surface area is 123 Å². The molecule has 0 aliphatic rings. The van der Waals surface area contributed by atoms with E-state index in [1.165, 1.54) is 30.3 Å². The number of phenolic OH excluding ortho intramolecular Hbond substituents is 2. The molecule has 0 spiro atoms. The lowest BCUT2D eigenvalue weighted by Gasteiger charge is -2.05. The SMILES string of the molecule is O=C(O)c1ccc(-c2cc(=O)c3cc(O)c(O)cc3o2)cc1. The van der Waals surface area contributed by atoms with Crippen LogP contribution in [0.25, 0.3) is 22.3 Å². The molecule has 0 saturated heterocycles. The van der Waals surface area contributed by atoms with E-state index < -0.39 is 17.5 Å². The average Bonchev–Trinajstić information content (AvgIpc) is 2.49. The van der Waals surface area contributed by atoms with Gasteiger partial charge in [-0.1, -0.05) is 12.1 Å². The Morgan fingerprint density at radius 3 is 2.23 bits per heavy atom. The van der Waals surface area contributed by atoms with Crippen LogP contribution in [0.1, 0.15) is 10.4 Å². The highest BCUT2D eigenvalue weighted by Gasteiger charge is 2.11. The predicted molar refractivity (Wildman–Crippen MR) is 78.2 cm³/mol. The van der Waals surface area contributed by atoms with Gasteiger partial charge in [-0.05, 0) is 18.2 Å². The molecule has 22 heavy (non-hydrogen) atoms. The number of aromatic carboxylic acids is 1. The van der Waals surface area contributed by atoms with Crippen molar-refractivity contribution < 1.29 is 24.5 Å². The molecular formula is C16H10O6. The van der Waals surface area contributed by atoms with Crippen molar-refractivity contribution in [1.82, 2.24) is 0 Å². The Morgan fingerprint density at radius 1 is 0.955 bits per heavy atom. The molecule has 0 atom stereocenters. The summed E-state index contributed by atoms with van der Waals surface area (Å²) in [5, 5.41) is 27.9. The minimum atomic E-state index is -1.05. The van der Waals surface area contributed by atoms with E-state index in [2.05, 4.69) is 0 Å². The molecule has 6 nitrogen and oxygen atoms in total. The number of benzene rings is 2. The van der Waals surface area contributed by atoms with Gasteiger partial charge >= 0.3 is 5.97 Å². The lowest BCUT2D eigenvalue weighted by molar-refractivity contribution is 0.0697. The van der Waals surface area contributed by atoms with Crippen molar-refractivity contribution >= 4 is 16.9 Å². The van der Waals surface area contributed by atoms with Crippen molar-refractivity contribution in [2.75, 3.05) is 0 Å². The zero-order chi connectivity index (χ0) is 15.9. The minimum Gasteiger partial charge on any atom is -0.504 e. The Hall–Kier alpha value is -3.28. The van der Waals surface area contributed by atoms with Crippen LogP contribution in [0.4, 0.5) is 0 Å². The molecule has 0 aliphatic carbocycles. The first-order chi connectivity index (χ1) is 10.5. The second-order valence-electron chi connectivity index (χ2n) is 4.69. The number of hydrogen-bond donors (Lipinski definition) is 3. The summed E-state index contributed by atoms with van der Waals surface area (Å²) in [6.07, 6.45) is 0. The number of carboxylic acid groups (broad SMARTS) is 1. The molecule has 3 N–H and O–H groups in total. The van der Waals surface area contributed by atoms with Crippen LogP contribution in [0.3, 0.4) is 0 Å². The predicted octanol–water partition coefficient (Wildman–Crippen LogP) is 2.57. The molecule has 0 aliphatic heterocycles. The van der Waals surface area contributed by atoms with E-state index in [4.69, 9.17) is 9.52 Å². The van der Waals surface area contributed by atoms with Crippen LogP contribution < -0.4 is 5.43 Å². The zero-order valence-electron chi connectivity index (χ0n) is 11.1. The first kappa shape index (κ1) is 13.7. The second kappa shape index (κ2) is 4.92. The molecule has 110 valence electrons. The van der Waals surface area contributed by atoms with Gasteiger partial charge in [0, 0.05) is 17.7 Å². The third-order valence-corrected chi connectivity index (χ3v) is 3.24. The van der Waals surface area contributed by atoms with E-state index in [0.717, 1.165) is 12.1 Å². The monoisotopic (exact) mass is 298 g/mol. The van der Waals surface area contributed by atoms with Crippen LogP contribution in [0, 0.1) is 0 Å². The van der Waals surface area contributed by atoms with Crippen molar-refractivity contribution in [2.45, 2.75) is 0 Å². The summed E-state index contributed by atoms with van der Waals surface area (Å²) in [6.45, 7) is 0. The fourth-order valence-electron chi connectivity index (χ4n) is 2.10. The molecule has 0 radical (unpaired) electrons. The van der Waals surface area contributed by atoms with Gasteiger partial charge in [0.2, 0.25) is 0 Å². The zero-order valence-corrected chi connectivity index (χ0v) is 11.1. The summed E-state index contributed by atoms with van der Waals surface area (Å²) < 4.78 is 5.55. The number of aromatic hydroxyl groups is 2. The van der Waals surface area contributed by atoms with Gasteiger partial charge in [0.05, 0.1) is 10.9 Å². The number of carboxylic acids is 1. The summed E-state index contributed by atoms with van der Waals surface area (Å²) in [5.74, 6) is -1.61. The summed E-state index contributed by atoms with van der Waals surface area (Å²) >= 11 is 0. The highest BCUT2D eigenvalue weighted by atomic mass is 16.4. The van der Waals surface area contributed by atoms with Crippen LogP contribution in [-0.4, -0.2) is 21.3 Å². The second-order valence-corrected chi connectivity index (χ2v) is 4.69. The maximum absolute atomic E-state index is 12.1. The summed E-state index contributed by atoms with van der Waals surface area (Å²) in [6, 6.07) is 9.37. The van der Waals surface area contributed by atoms with Gasteiger partial charge in [0.25, 0.3) is 0 Å². The molecule has 1 heterocycles. The Balaban J connectivity index is 2.17. The molecular weight excluding hydrogens is 288 g/mol. The van der Waals surface area contributed by atoms with Crippen LogP contribution in [0.2, 0.25) is 0 Å². The first-order valence-corrected chi connectivity index (χ1v) is 6.29. The van der Waals surface area contributed by atoms with Gasteiger partial charge in [0.15, 0.2) is 16.9 Å². The maximum Gasteiger partial charge on any atom is 0.335 e. The third-order valence-electron chi connectivity index (χ3n) is 3.24. The van der Waals surface area contributed by atoms with E-state index in [-0.39, 0.29) is 27.7 Å². The van der Waals surface area contributed by atoms with Gasteiger partial charge in [-0.25, -0.2) is 4.79 Å². The van der Waals surface area contributed by atoms with Gasteiger partial charge in [0.1, 0.15) is 11.3 Å². The van der Waals surface area contributed by atoms with Crippen LogP contribution in [0.5, 0.6) is 11.5 Å². The Bertz CT molecular complexity index is 937. The topological polar surface area (TPSA) is 108 Å². The van der Waals surface area contributed by atoms with Gasteiger partial charge in [-0.15, -0.1) is 0 Å². The first-order valence-electron chi connectivity index (χ1n) is 6.29. The van der Waals surface area contributed by atoms with Crippen LogP contribution in [0.15, 0.2) is 51.7 Å². The molecule has 0 bridgehead atoms. The summed E-state index contributed by atoms with van der Waals surface area (Å²) in [5.41, 5.74) is 0.389. The summed E-state index contributed by atoms with van der Waals surface area (Å²) in [4.78, 5) is 22.9. The normalized spacial score (nSPS) is 10.7. The average molecular weight is 298 g/mol. The molecule has 0 unspecified atom stereocenters. The third kappa shape index (κ3) is 2.26. The Kier molecular flexibility index (Phi) is 3.06. The molecule has 0 amide bonds. The number of fused-ring (bicyclic) bond motifs is 1. The highest BCUT2D eigenvalue weighted by molar-refractivity contribution is 5.88.